The minimum Gasteiger partial charge on any atom is -0.465 e. The van der Waals surface area contributed by atoms with Crippen molar-refractivity contribution in [3.8, 4) is 5.75 Å². The summed E-state index contributed by atoms with van der Waals surface area (Å²) in [5.41, 5.74) is 0.912. The van der Waals surface area contributed by atoms with Gasteiger partial charge >= 0.3 is 5.97 Å². The van der Waals surface area contributed by atoms with Crippen molar-refractivity contribution in [3.63, 3.8) is 0 Å². The number of benzene rings is 1. The first kappa shape index (κ1) is 31.7. The standard InChI is InChI=1S/C20H32O2.C13H24O2/c1-4-16(2)19-10-12-20(13-11-19)22-17(3)21-15-14-18-8-6-5-7-9-18;1-5-12(3,4)11(14)15-13(6-2)9-7-8-10-13/h10-13,16-18H,4-9,14-15H2,1-3H3;5-10H2,1-4H3. The highest BCUT2D eigenvalue weighted by molar-refractivity contribution is 5.76. The molecule has 0 aromatic heterocycles. The third kappa shape index (κ3) is 10.6. The summed E-state index contributed by atoms with van der Waals surface area (Å²) in [4.78, 5) is 12.0. The van der Waals surface area contributed by atoms with Gasteiger partial charge in [-0.1, -0.05) is 71.9 Å². The minimum absolute atomic E-state index is 0.0197. The Kier molecular flexibility index (Phi) is 13.5. The SMILES string of the molecule is CCC(C)c1ccc(OC(C)OCCC2CCCCC2)cc1.CCC1(OC(=O)C(C)(C)CC)CCCC1. The lowest BCUT2D eigenvalue weighted by Crippen LogP contribution is -2.37. The molecule has 0 aliphatic heterocycles. The Bertz CT molecular complexity index is 757. The Morgan fingerprint density at radius 1 is 0.973 bits per heavy atom. The molecular weight excluding hydrogens is 460 g/mol. The van der Waals surface area contributed by atoms with Gasteiger partial charge in [0.15, 0.2) is 6.29 Å². The topological polar surface area (TPSA) is 44.8 Å². The molecule has 2 unspecified atom stereocenters. The van der Waals surface area contributed by atoms with Crippen molar-refractivity contribution in [3.05, 3.63) is 29.8 Å². The van der Waals surface area contributed by atoms with E-state index in [4.69, 9.17) is 14.2 Å². The molecule has 0 spiro atoms. The first-order chi connectivity index (χ1) is 17.6. The maximum Gasteiger partial charge on any atom is 0.312 e. The summed E-state index contributed by atoms with van der Waals surface area (Å²) in [6.45, 7) is 15.4. The van der Waals surface area contributed by atoms with Gasteiger partial charge in [0.1, 0.15) is 11.4 Å². The second kappa shape index (κ2) is 15.8. The second-order valence-corrected chi connectivity index (χ2v) is 12.1. The number of ether oxygens (including phenoxy) is 3. The van der Waals surface area contributed by atoms with Crippen LogP contribution in [0.2, 0.25) is 0 Å². The second-order valence-electron chi connectivity index (χ2n) is 12.1. The minimum atomic E-state index is -0.329. The lowest BCUT2D eigenvalue weighted by atomic mass is 9.87. The molecule has 0 heterocycles. The van der Waals surface area contributed by atoms with Gasteiger partial charge in [-0.15, -0.1) is 0 Å². The molecule has 2 aliphatic rings. The average molecular weight is 517 g/mol. The first-order valence-corrected chi connectivity index (χ1v) is 15.3. The molecule has 4 nitrogen and oxygen atoms in total. The number of hydrogen-bond donors (Lipinski definition) is 0. The molecular formula is C33H56O4. The van der Waals surface area contributed by atoms with E-state index in [-0.39, 0.29) is 23.3 Å². The summed E-state index contributed by atoms with van der Waals surface area (Å²) >= 11 is 0. The van der Waals surface area contributed by atoms with Crippen LogP contribution in [0.4, 0.5) is 0 Å². The van der Waals surface area contributed by atoms with Crippen LogP contribution in [0.25, 0.3) is 0 Å². The highest BCUT2D eigenvalue weighted by Crippen LogP contribution is 2.38. The number of rotatable bonds is 12. The van der Waals surface area contributed by atoms with Crippen LogP contribution in [0.1, 0.15) is 143 Å². The van der Waals surface area contributed by atoms with Crippen LogP contribution < -0.4 is 4.74 Å². The molecule has 2 fully saturated rings. The van der Waals surface area contributed by atoms with Gasteiger partial charge in [0.2, 0.25) is 0 Å². The molecule has 212 valence electrons. The summed E-state index contributed by atoms with van der Waals surface area (Å²) in [5.74, 6) is 2.36. The maximum atomic E-state index is 12.0. The van der Waals surface area contributed by atoms with Gasteiger partial charge in [-0.25, -0.2) is 0 Å². The van der Waals surface area contributed by atoms with Crippen LogP contribution in [-0.4, -0.2) is 24.5 Å². The van der Waals surface area contributed by atoms with Gasteiger partial charge in [-0.2, -0.15) is 0 Å². The Balaban J connectivity index is 0.000000281. The van der Waals surface area contributed by atoms with E-state index in [1.54, 1.807) is 0 Å². The van der Waals surface area contributed by atoms with Crippen LogP contribution >= 0.6 is 0 Å². The van der Waals surface area contributed by atoms with E-state index in [1.807, 2.05) is 27.7 Å². The zero-order valence-electron chi connectivity index (χ0n) is 25.1. The van der Waals surface area contributed by atoms with Gasteiger partial charge in [-0.05, 0) is 102 Å². The number of carbonyl (C=O) groups is 1. The van der Waals surface area contributed by atoms with Crippen molar-refractivity contribution in [2.24, 2.45) is 11.3 Å². The fourth-order valence-electron chi connectivity index (χ4n) is 5.24. The van der Waals surface area contributed by atoms with Crippen molar-refractivity contribution in [2.45, 2.75) is 150 Å². The molecule has 2 aliphatic carbocycles. The van der Waals surface area contributed by atoms with E-state index in [0.29, 0.717) is 5.92 Å². The Hall–Kier alpha value is -1.55. The van der Waals surface area contributed by atoms with E-state index < -0.39 is 0 Å². The molecule has 37 heavy (non-hydrogen) atoms. The average Bonchev–Trinajstić information content (AvgIpc) is 3.38. The lowest BCUT2D eigenvalue weighted by molar-refractivity contribution is -0.170. The predicted molar refractivity (Wildman–Crippen MR) is 154 cm³/mol. The molecule has 0 amide bonds. The monoisotopic (exact) mass is 516 g/mol. The fraction of sp³-hybridized carbons (Fsp3) is 0.788. The van der Waals surface area contributed by atoms with Crippen LogP contribution in [0.5, 0.6) is 5.75 Å². The van der Waals surface area contributed by atoms with Crippen molar-refractivity contribution in [1.82, 2.24) is 0 Å². The van der Waals surface area contributed by atoms with E-state index in [0.717, 1.165) is 44.0 Å². The zero-order chi connectivity index (χ0) is 27.3. The molecule has 0 N–H and O–H groups in total. The van der Waals surface area contributed by atoms with Crippen molar-refractivity contribution < 1.29 is 19.0 Å². The van der Waals surface area contributed by atoms with Gasteiger partial charge in [0.05, 0.1) is 12.0 Å². The third-order valence-corrected chi connectivity index (χ3v) is 8.87. The third-order valence-electron chi connectivity index (χ3n) is 8.87. The highest BCUT2D eigenvalue weighted by Gasteiger charge is 2.39. The number of esters is 1. The van der Waals surface area contributed by atoms with Crippen molar-refractivity contribution in [1.29, 1.82) is 0 Å². The summed E-state index contributed by atoms with van der Waals surface area (Å²) in [6.07, 6.45) is 15.5. The van der Waals surface area contributed by atoms with E-state index in [1.165, 1.54) is 63.4 Å². The maximum absolute atomic E-state index is 12.0. The fourth-order valence-corrected chi connectivity index (χ4v) is 5.24. The van der Waals surface area contributed by atoms with Crippen molar-refractivity contribution >= 4 is 5.97 Å². The summed E-state index contributed by atoms with van der Waals surface area (Å²) in [5, 5.41) is 0. The normalized spacial score (nSPS) is 19.4. The molecule has 0 saturated heterocycles. The quantitative estimate of drug-likeness (QED) is 0.205. The number of hydrogen-bond acceptors (Lipinski definition) is 4. The van der Waals surface area contributed by atoms with Crippen LogP contribution in [-0.2, 0) is 14.3 Å². The molecule has 1 aromatic rings. The van der Waals surface area contributed by atoms with Gasteiger partial charge in [0, 0.05) is 0 Å². The van der Waals surface area contributed by atoms with E-state index in [9.17, 15) is 4.79 Å². The van der Waals surface area contributed by atoms with Gasteiger partial charge < -0.3 is 14.2 Å². The van der Waals surface area contributed by atoms with E-state index >= 15 is 0 Å². The molecule has 2 saturated carbocycles. The first-order valence-electron chi connectivity index (χ1n) is 15.3. The van der Waals surface area contributed by atoms with Crippen molar-refractivity contribution in [2.75, 3.05) is 6.61 Å². The summed E-state index contributed by atoms with van der Waals surface area (Å²) in [6, 6.07) is 8.45. The number of carbonyl (C=O) groups excluding carboxylic acids is 1. The molecule has 4 heteroatoms. The van der Waals surface area contributed by atoms with Crippen LogP contribution in [0, 0.1) is 11.3 Å². The van der Waals surface area contributed by atoms with Gasteiger partial charge in [-0.3, -0.25) is 4.79 Å². The summed E-state index contributed by atoms with van der Waals surface area (Å²) in [7, 11) is 0. The van der Waals surface area contributed by atoms with E-state index in [2.05, 4.69) is 45.0 Å². The smallest absolute Gasteiger partial charge is 0.312 e. The Labute approximate surface area is 228 Å². The zero-order valence-corrected chi connectivity index (χ0v) is 25.1. The molecule has 1 aromatic carbocycles. The molecule has 2 atom stereocenters. The predicted octanol–water partition coefficient (Wildman–Crippen LogP) is 9.60. The van der Waals surface area contributed by atoms with Crippen LogP contribution in [0.15, 0.2) is 24.3 Å². The highest BCUT2D eigenvalue weighted by atomic mass is 16.7. The van der Waals surface area contributed by atoms with Gasteiger partial charge in [0.25, 0.3) is 0 Å². The molecule has 0 radical (unpaired) electrons. The molecule has 3 rings (SSSR count). The lowest BCUT2D eigenvalue weighted by Gasteiger charge is -2.32. The van der Waals surface area contributed by atoms with Crippen LogP contribution in [0.3, 0.4) is 0 Å². The summed E-state index contributed by atoms with van der Waals surface area (Å²) < 4.78 is 17.4. The molecule has 0 bridgehead atoms. The largest absolute Gasteiger partial charge is 0.465 e. The Morgan fingerprint density at radius 3 is 2.14 bits per heavy atom. The Morgan fingerprint density at radius 2 is 1.59 bits per heavy atom.